The Balaban J connectivity index is 4.15. The average molecular weight is 901 g/mol. The molecule has 1 unspecified atom stereocenters. The van der Waals surface area contributed by atoms with E-state index in [1.54, 1.807) is 0 Å². The van der Waals surface area contributed by atoms with Crippen molar-refractivity contribution >= 4 is 19.8 Å². The van der Waals surface area contributed by atoms with Crippen molar-refractivity contribution in [2.75, 3.05) is 26.4 Å². The van der Waals surface area contributed by atoms with Crippen molar-refractivity contribution in [3.63, 3.8) is 0 Å². The van der Waals surface area contributed by atoms with E-state index in [0.717, 1.165) is 51.4 Å². The first-order chi connectivity index (χ1) is 30.2. The molecule has 0 bridgehead atoms. The number of aliphatic hydroxyl groups is 2. The summed E-state index contributed by atoms with van der Waals surface area (Å²) in [5.74, 6) is -0.915. The molecule has 3 N–H and O–H groups in total. The Kier molecular flexibility index (Phi) is 46.2. The molecule has 0 saturated carbocycles. The molecular formula is C51H97O10P. The smallest absolute Gasteiger partial charge is 0.462 e. The fourth-order valence-corrected chi connectivity index (χ4v) is 8.17. The number of unbranched alkanes of at least 4 members (excludes halogenated alkanes) is 31. The van der Waals surface area contributed by atoms with Gasteiger partial charge in [0.1, 0.15) is 12.7 Å². The highest BCUT2D eigenvalue weighted by atomic mass is 31.2. The van der Waals surface area contributed by atoms with Crippen molar-refractivity contribution in [3.8, 4) is 0 Å². The maximum Gasteiger partial charge on any atom is 0.472 e. The quantitative estimate of drug-likeness (QED) is 0.0233. The third kappa shape index (κ3) is 46.4. The molecule has 0 aromatic rings. The number of phosphoric acid groups is 1. The van der Waals surface area contributed by atoms with Gasteiger partial charge >= 0.3 is 19.8 Å². The number of hydrogen-bond donors (Lipinski definition) is 3. The van der Waals surface area contributed by atoms with Crippen LogP contribution in [0.4, 0.5) is 0 Å². The first-order valence-electron chi connectivity index (χ1n) is 25.8. The molecule has 0 aromatic heterocycles. The minimum Gasteiger partial charge on any atom is -0.462 e. The van der Waals surface area contributed by atoms with Gasteiger partial charge in [0, 0.05) is 12.8 Å². The summed E-state index contributed by atoms with van der Waals surface area (Å²) in [6, 6.07) is 0. The summed E-state index contributed by atoms with van der Waals surface area (Å²) in [4.78, 5) is 35.2. The summed E-state index contributed by atoms with van der Waals surface area (Å²) >= 11 is 0. The van der Waals surface area contributed by atoms with Gasteiger partial charge in [0.05, 0.1) is 19.8 Å². The van der Waals surface area contributed by atoms with Gasteiger partial charge in [-0.2, -0.15) is 0 Å². The molecule has 0 aliphatic rings. The van der Waals surface area contributed by atoms with Crippen LogP contribution in [0.15, 0.2) is 24.3 Å². The van der Waals surface area contributed by atoms with Gasteiger partial charge in [0.25, 0.3) is 0 Å². The number of ether oxygens (including phenoxy) is 2. The summed E-state index contributed by atoms with van der Waals surface area (Å²) in [6.07, 6.45) is 50.0. The molecule has 0 aliphatic carbocycles. The van der Waals surface area contributed by atoms with Crippen LogP contribution in [-0.4, -0.2) is 65.7 Å². The molecule has 10 nitrogen and oxygen atoms in total. The summed E-state index contributed by atoms with van der Waals surface area (Å²) in [6.45, 7) is 2.40. The van der Waals surface area contributed by atoms with Gasteiger partial charge in [-0.25, -0.2) is 4.57 Å². The Hall–Kier alpha value is -1.55. The van der Waals surface area contributed by atoms with Gasteiger partial charge < -0.3 is 24.6 Å². The van der Waals surface area contributed by atoms with Crippen LogP contribution in [0, 0.1) is 0 Å². The zero-order chi connectivity index (χ0) is 45.5. The normalized spacial score (nSPS) is 13.8. The van der Waals surface area contributed by atoms with Gasteiger partial charge in [-0.15, -0.1) is 0 Å². The van der Waals surface area contributed by atoms with Gasteiger partial charge in [0.2, 0.25) is 0 Å². The zero-order valence-corrected chi connectivity index (χ0v) is 41.0. The van der Waals surface area contributed by atoms with E-state index < -0.39 is 51.8 Å². The van der Waals surface area contributed by atoms with Crippen LogP contribution in [-0.2, 0) is 32.7 Å². The van der Waals surface area contributed by atoms with Gasteiger partial charge in [-0.3, -0.25) is 18.6 Å². The van der Waals surface area contributed by atoms with E-state index in [-0.39, 0.29) is 19.4 Å². The van der Waals surface area contributed by atoms with Crippen molar-refractivity contribution in [2.24, 2.45) is 0 Å². The first kappa shape index (κ1) is 60.5. The maximum atomic E-state index is 12.7. The monoisotopic (exact) mass is 901 g/mol. The molecule has 0 saturated heterocycles. The second kappa shape index (κ2) is 47.4. The lowest BCUT2D eigenvalue weighted by Crippen LogP contribution is -2.29. The molecule has 0 radical (unpaired) electrons. The third-order valence-electron chi connectivity index (χ3n) is 11.4. The van der Waals surface area contributed by atoms with Crippen molar-refractivity contribution in [1.29, 1.82) is 0 Å². The highest BCUT2D eigenvalue weighted by molar-refractivity contribution is 7.47. The summed E-state index contributed by atoms with van der Waals surface area (Å²) in [7, 11) is -4.62. The third-order valence-corrected chi connectivity index (χ3v) is 12.3. The van der Waals surface area contributed by atoms with E-state index in [2.05, 4.69) is 38.2 Å². The molecular weight excluding hydrogens is 804 g/mol. The summed E-state index contributed by atoms with van der Waals surface area (Å²) in [5, 5.41) is 18.4. The number of allylic oxidation sites excluding steroid dienone is 4. The molecule has 0 fully saturated rings. The number of carbonyl (C=O) groups excluding carboxylic acids is 2. The number of hydrogen-bond acceptors (Lipinski definition) is 9. The van der Waals surface area contributed by atoms with E-state index in [1.807, 2.05) is 0 Å². The minimum absolute atomic E-state index is 0.183. The lowest BCUT2D eigenvalue weighted by atomic mass is 10.0. The van der Waals surface area contributed by atoms with Crippen LogP contribution in [0.1, 0.15) is 251 Å². The van der Waals surface area contributed by atoms with Crippen molar-refractivity contribution in [2.45, 2.75) is 264 Å². The van der Waals surface area contributed by atoms with Gasteiger partial charge in [-0.1, -0.05) is 218 Å². The van der Waals surface area contributed by atoms with E-state index in [9.17, 15) is 24.2 Å². The molecule has 366 valence electrons. The Morgan fingerprint density at radius 2 is 0.839 bits per heavy atom. The lowest BCUT2D eigenvalue weighted by molar-refractivity contribution is -0.161. The number of rotatable bonds is 49. The van der Waals surface area contributed by atoms with E-state index in [1.165, 1.54) is 161 Å². The molecule has 0 rings (SSSR count). The van der Waals surface area contributed by atoms with Crippen molar-refractivity contribution < 1.29 is 47.8 Å². The predicted octanol–water partition coefficient (Wildman–Crippen LogP) is 14.5. The number of phosphoric ester groups is 1. The molecule has 0 heterocycles. The lowest BCUT2D eigenvalue weighted by Gasteiger charge is -2.20. The molecule has 0 spiro atoms. The molecule has 0 aliphatic heterocycles. The van der Waals surface area contributed by atoms with Gasteiger partial charge in [-0.05, 0) is 44.9 Å². The van der Waals surface area contributed by atoms with Crippen molar-refractivity contribution in [1.82, 2.24) is 0 Å². The maximum absolute atomic E-state index is 12.7. The molecule has 62 heavy (non-hydrogen) atoms. The fourth-order valence-electron chi connectivity index (χ4n) is 7.38. The second-order valence-electron chi connectivity index (χ2n) is 17.6. The minimum atomic E-state index is -4.62. The predicted molar refractivity (Wildman–Crippen MR) is 256 cm³/mol. The average Bonchev–Trinajstić information content (AvgIpc) is 3.26. The van der Waals surface area contributed by atoms with Crippen LogP contribution in [0.3, 0.4) is 0 Å². The number of aliphatic hydroxyl groups excluding tert-OH is 2. The van der Waals surface area contributed by atoms with Crippen LogP contribution < -0.4 is 0 Å². The molecule has 3 atom stereocenters. The van der Waals surface area contributed by atoms with E-state index >= 15 is 0 Å². The topological polar surface area (TPSA) is 149 Å². The zero-order valence-electron chi connectivity index (χ0n) is 40.1. The first-order valence-corrected chi connectivity index (χ1v) is 27.3. The van der Waals surface area contributed by atoms with E-state index in [0.29, 0.717) is 12.8 Å². The van der Waals surface area contributed by atoms with Crippen LogP contribution in [0.5, 0.6) is 0 Å². The van der Waals surface area contributed by atoms with Gasteiger partial charge in [0.15, 0.2) is 6.10 Å². The summed E-state index contributed by atoms with van der Waals surface area (Å²) < 4.78 is 32.9. The van der Waals surface area contributed by atoms with Crippen LogP contribution >= 0.6 is 7.82 Å². The Morgan fingerprint density at radius 3 is 1.27 bits per heavy atom. The second-order valence-corrected chi connectivity index (χ2v) is 19.0. The van der Waals surface area contributed by atoms with Crippen LogP contribution in [0.25, 0.3) is 0 Å². The van der Waals surface area contributed by atoms with Crippen molar-refractivity contribution in [3.05, 3.63) is 24.3 Å². The van der Waals surface area contributed by atoms with Crippen LogP contribution in [0.2, 0.25) is 0 Å². The molecule has 0 aromatic carbocycles. The Labute approximate surface area is 380 Å². The number of esters is 2. The highest BCUT2D eigenvalue weighted by Crippen LogP contribution is 2.43. The standard InChI is InChI=1S/C51H97O10P/c1-3-5-7-9-11-13-15-17-19-21-23-25-26-28-30-32-34-36-38-40-42-50(54)58-46-49(47-60-62(56,57)59-45-48(53)44-52)61-51(55)43-41-39-37-35-33-31-29-27-24-22-20-18-16-14-12-10-8-6-4-2/h12,14,18,20,48-49,52-53H,3-11,13,15-17,19,21-47H2,1-2H3,(H,56,57)/b14-12+,20-18+/t48-,49+/m0/s1. The Bertz CT molecular complexity index is 1080. The largest absolute Gasteiger partial charge is 0.472 e. The number of carbonyl (C=O) groups is 2. The molecule has 0 amide bonds. The Morgan fingerprint density at radius 1 is 0.484 bits per heavy atom. The van der Waals surface area contributed by atoms with E-state index in [4.69, 9.17) is 23.6 Å². The summed E-state index contributed by atoms with van der Waals surface area (Å²) in [5.41, 5.74) is 0. The SMILES string of the molecule is CCCCC/C=C/C/C=C/CCCCCCCCCCCC(=O)O[C@H](COC(=O)CCCCCCCCCCCCCCCCCCCCCC)COP(=O)(O)OC[C@@H](O)CO. The molecule has 11 heteroatoms. The fraction of sp³-hybridized carbons (Fsp3) is 0.882. The highest BCUT2D eigenvalue weighted by Gasteiger charge is 2.27.